The Bertz CT molecular complexity index is 1200. The van der Waals surface area contributed by atoms with Gasteiger partial charge in [-0.05, 0) is 41.3 Å². The van der Waals surface area contributed by atoms with Gasteiger partial charge in [-0.3, -0.25) is 19.2 Å². The molecule has 0 aliphatic heterocycles. The highest BCUT2D eigenvalue weighted by Gasteiger charge is 2.32. The fourth-order valence-electron chi connectivity index (χ4n) is 3.67. The normalized spacial score (nSPS) is 13.9. The van der Waals surface area contributed by atoms with E-state index in [9.17, 15) is 39.3 Å². The molecule has 0 saturated carbocycles. The van der Waals surface area contributed by atoms with Crippen LogP contribution >= 0.6 is 0 Å². The summed E-state index contributed by atoms with van der Waals surface area (Å²) in [6, 6.07) is 6.39. The van der Waals surface area contributed by atoms with Crippen LogP contribution in [0.25, 0.3) is 0 Å². The standard InChI is InChI=1S/C27H35N5O8/c1-14(2)23(29)26(38)31-20(13-22(28)35)25(37)30-19(11-15-3-7-17(33)8-4-15)24(36)32-21(27(39)40)12-16-5-9-18(34)10-6-16/h3-10,14,19-21,23,33-34H,11-13,29H2,1-2H3,(H2,28,35)(H,30,37)(H,31,38)(H,32,36)(H,39,40). The zero-order valence-corrected chi connectivity index (χ0v) is 22.2. The number of nitrogens with two attached hydrogens (primary N) is 2. The molecule has 4 atom stereocenters. The van der Waals surface area contributed by atoms with Crippen LogP contribution in [0.5, 0.6) is 11.5 Å². The number of hydrogen-bond donors (Lipinski definition) is 8. The summed E-state index contributed by atoms with van der Waals surface area (Å²) in [5, 5.41) is 36.0. The summed E-state index contributed by atoms with van der Waals surface area (Å²) in [6.45, 7) is 3.39. The molecule has 2 aromatic rings. The molecule has 216 valence electrons. The fourth-order valence-corrected chi connectivity index (χ4v) is 3.67. The number of nitrogens with one attached hydrogen (secondary N) is 3. The maximum Gasteiger partial charge on any atom is 0.326 e. The van der Waals surface area contributed by atoms with Gasteiger partial charge in [-0.2, -0.15) is 0 Å². The molecule has 13 heteroatoms. The van der Waals surface area contributed by atoms with Crippen LogP contribution in [-0.2, 0) is 36.8 Å². The lowest BCUT2D eigenvalue weighted by atomic mass is 10.0. The summed E-state index contributed by atoms with van der Waals surface area (Å²) >= 11 is 0. The van der Waals surface area contributed by atoms with Gasteiger partial charge in [-0.1, -0.05) is 38.1 Å². The molecular formula is C27H35N5O8. The van der Waals surface area contributed by atoms with Crippen molar-refractivity contribution in [2.24, 2.45) is 17.4 Å². The Morgan fingerprint density at radius 1 is 0.700 bits per heavy atom. The van der Waals surface area contributed by atoms with E-state index in [1.54, 1.807) is 13.8 Å². The number of carbonyl (C=O) groups excluding carboxylic acids is 4. The summed E-state index contributed by atoms with van der Waals surface area (Å²) < 4.78 is 0. The maximum atomic E-state index is 13.3. The topological polar surface area (TPSA) is 234 Å². The molecule has 2 rings (SSSR count). The van der Waals surface area contributed by atoms with Crippen LogP contribution in [0.15, 0.2) is 48.5 Å². The SMILES string of the molecule is CC(C)C(N)C(=O)NC(CC(N)=O)C(=O)NC(Cc1ccc(O)cc1)C(=O)NC(Cc1ccc(O)cc1)C(=O)O. The molecule has 2 aromatic carbocycles. The van der Waals surface area contributed by atoms with Gasteiger partial charge in [0.15, 0.2) is 0 Å². The number of phenols is 2. The highest BCUT2D eigenvalue weighted by Crippen LogP contribution is 2.14. The van der Waals surface area contributed by atoms with E-state index in [1.807, 2.05) is 0 Å². The van der Waals surface area contributed by atoms with Gasteiger partial charge in [-0.15, -0.1) is 0 Å². The molecule has 0 heterocycles. The first kappa shape index (κ1) is 31.6. The van der Waals surface area contributed by atoms with Crippen LogP contribution in [0.1, 0.15) is 31.4 Å². The molecule has 0 radical (unpaired) electrons. The van der Waals surface area contributed by atoms with E-state index < -0.39 is 60.2 Å². The number of phenolic OH excluding ortho intramolecular Hbond substituents is 2. The minimum Gasteiger partial charge on any atom is -0.508 e. The van der Waals surface area contributed by atoms with E-state index in [0.717, 1.165) is 0 Å². The van der Waals surface area contributed by atoms with Gasteiger partial charge in [0.1, 0.15) is 29.6 Å². The van der Waals surface area contributed by atoms with Gasteiger partial charge in [0.2, 0.25) is 23.6 Å². The smallest absolute Gasteiger partial charge is 0.326 e. The van der Waals surface area contributed by atoms with Gasteiger partial charge in [-0.25, -0.2) is 4.79 Å². The molecule has 10 N–H and O–H groups in total. The molecule has 4 amide bonds. The van der Waals surface area contributed by atoms with E-state index in [-0.39, 0.29) is 30.3 Å². The molecule has 0 aromatic heterocycles. The Balaban J connectivity index is 2.29. The molecule has 13 nitrogen and oxygen atoms in total. The second-order valence-corrected chi connectivity index (χ2v) is 9.70. The number of carbonyl (C=O) groups is 5. The number of carboxylic acid groups (broad SMARTS) is 1. The fraction of sp³-hybridized carbons (Fsp3) is 0.370. The second kappa shape index (κ2) is 14.5. The molecule has 0 aliphatic carbocycles. The van der Waals surface area contributed by atoms with E-state index in [4.69, 9.17) is 11.5 Å². The Hall–Kier alpha value is -4.65. The quantitative estimate of drug-likeness (QED) is 0.146. The summed E-state index contributed by atoms with van der Waals surface area (Å²) in [5.41, 5.74) is 12.1. The molecule has 0 saturated heterocycles. The third-order valence-electron chi connectivity index (χ3n) is 6.06. The Morgan fingerprint density at radius 3 is 1.52 bits per heavy atom. The number of carboxylic acids is 1. The van der Waals surface area contributed by atoms with Crippen LogP contribution in [0.3, 0.4) is 0 Å². The number of rotatable bonds is 14. The zero-order chi connectivity index (χ0) is 30.0. The Labute approximate surface area is 230 Å². The van der Waals surface area contributed by atoms with Crippen molar-refractivity contribution in [2.45, 2.75) is 57.3 Å². The summed E-state index contributed by atoms with van der Waals surface area (Å²) in [7, 11) is 0. The van der Waals surface area contributed by atoms with E-state index in [1.165, 1.54) is 48.5 Å². The second-order valence-electron chi connectivity index (χ2n) is 9.70. The van der Waals surface area contributed by atoms with Crippen molar-refractivity contribution in [1.82, 2.24) is 16.0 Å². The highest BCUT2D eigenvalue weighted by atomic mass is 16.4. The van der Waals surface area contributed by atoms with Gasteiger partial charge >= 0.3 is 5.97 Å². The van der Waals surface area contributed by atoms with Crippen molar-refractivity contribution < 1.29 is 39.3 Å². The summed E-state index contributed by atoms with van der Waals surface area (Å²) in [6.07, 6.45) is -0.810. The first-order chi connectivity index (χ1) is 18.8. The average molecular weight is 558 g/mol. The third kappa shape index (κ3) is 9.91. The van der Waals surface area contributed by atoms with Crippen LogP contribution < -0.4 is 27.4 Å². The number of primary amides is 1. The predicted octanol–water partition coefficient (Wildman–Crippen LogP) is -0.719. The molecule has 40 heavy (non-hydrogen) atoms. The molecule has 0 fully saturated rings. The first-order valence-corrected chi connectivity index (χ1v) is 12.5. The van der Waals surface area contributed by atoms with Crippen LogP contribution in [0.4, 0.5) is 0 Å². The number of amides is 4. The van der Waals surface area contributed by atoms with Crippen molar-refractivity contribution in [3.05, 3.63) is 59.7 Å². The molecular weight excluding hydrogens is 522 g/mol. The van der Waals surface area contributed by atoms with Gasteiger partial charge in [0.25, 0.3) is 0 Å². The maximum absolute atomic E-state index is 13.3. The number of aromatic hydroxyl groups is 2. The van der Waals surface area contributed by atoms with Crippen molar-refractivity contribution in [3.63, 3.8) is 0 Å². The van der Waals surface area contributed by atoms with Gasteiger partial charge in [0, 0.05) is 12.8 Å². The lowest BCUT2D eigenvalue weighted by molar-refractivity contribution is -0.142. The van der Waals surface area contributed by atoms with Crippen LogP contribution in [-0.4, -0.2) is 69.1 Å². The molecule has 0 spiro atoms. The number of benzene rings is 2. The van der Waals surface area contributed by atoms with Crippen molar-refractivity contribution in [3.8, 4) is 11.5 Å². The lowest BCUT2D eigenvalue weighted by Crippen LogP contribution is -2.58. The summed E-state index contributed by atoms with van der Waals surface area (Å²) in [4.78, 5) is 62.5. The van der Waals surface area contributed by atoms with Crippen LogP contribution in [0, 0.1) is 5.92 Å². The summed E-state index contributed by atoms with van der Waals surface area (Å²) in [5.74, 6) is -5.00. The average Bonchev–Trinajstić information content (AvgIpc) is 2.88. The zero-order valence-electron chi connectivity index (χ0n) is 22.2. The van der Waals surface area contributed by atoms with E-state index in [2.05, 4.69) is 16.0 Å². The van der Waals surface area contributed by atoms with E-state index >= 15 is 0 Å². The minimum atomic E-state index is -1.45. The lowest BCUT2D eigenvalue weighted by Gasteiger charge is -2.25. The molecule has 0 bridgehead atoms. The van der Waals surface area contributed by atoms with Crippen molar-refractivity contribution in [2.75, 3.05) is 0 Å². The van der Waals surface area contributed by atoms with E-state index in [0.29, 0.717) is 11.1 Å². The first-order valence-electron chi connectivity index (χ1n) is 12.5. The largest absolute Gasteiger partial charge is 0.508 e. The van der Waals surface area contributed by atoms with Crippen molar-refractivity contribution in [1.29, 1.82) is 0 Å². The van der Waals surface area contributed by atoms with Gasteiger partial charge in [0.05, 0.1) is 12.5 Å². The Kier molecular flexibility index (Phi) is 11.4. The van der Waals surface area contributed by atoms with Crippen molar-refractivity contribution >= 4 is 29.6 Å². The van der Waals surface area contributed by atoms with Gasteiger partial charge < -0.3 is 42.7 Å². The Morgan fingerprint density at radius 2 is 1.10 bits per heavy atom. The predicted molar refractivity (Wildman–Crippen MR) is 144 cm³/mol. The van der Waals surface area contributed by atoms with Crippen LogP contribution in [0.2, 0.25) is 0 Å². The molecule has 4 unspecified atom stereocenters. The number of aliphatic carboxylic acids is 1. The minimum absolute atomic E-state index is 0.0108. The third-order valence-corrected chi connectivity index (χ3v) is 6.06. The number of hydrogen-bond acceptors (Lipinski definition) is 8. The molecule has 0 aliphatic rings. The monoisotopic (exact) mass is 557 g/mol. The highest BCUT2D eigenvalue weighted by molar-refractivity contribution is 5.96.